The van der Waals surface area contributed by atoms with Crippen LogP contribution in [0.5, 0.6) is 0 Å². The molecule has 2 heterocycles. The Bertz CT molecular complexity index is 1620. The third-order valence-electron chi connectivity index (χ3n) is 13.5. The molecular weight excluding hydrogens is 955 g/mol. The summed E-state index contributed by atoms with van der Waals surface area (Å²) in [5.74, 6) is -0.276. The maximum atomic E-state index is 13.2. The van der Waals surface area contributed by atoms with Gasteiger partial charge in [0.1, 0.15) is 48.8 Å². The minimum atomic E-state index is -1.80. The van der Waals surface area contributed by atoms with Gasteiger partial charge in [0.25, 0.3) is 0 Å². The molecule has 14 nitrogen and oxygen atoms in total. The minimum Gasteiger partial charge on any atom is -0.394 e. The third-order valence-corrected chi connectivity index (χ3v) is 13.5. The second-order valence-corrected chi connectivity index (χ2v) is 20.0. The molecule has 2 fully saturated rings. The van der Waals surface area contributed by atoms with Crippen LogP contribution in [0, 0.1) is 0 Å². The van der Waals surface area contributed by atoms with E-state index >= 15 is 0 Å². The molecule has 0 aliphatic carbocycles. The summed E-state index contributed by atoms with van der Waals surface area (Å²) in [7, 11) is 0. The van der Waals surface area contributed by atoms with Gasteiger partial charge in [-0.1, -0.05) is 188 Å². The van der Waals surface area contributed by atoms with E-state index in [2.05, 4.69) is 104 Å². The monoisotopic (exact) mass is 1060 g/mol. The number of hydrogen-bond acceptors (Lipinski definition) is 13. The van der Waals surface area contributed by atoms with Crippen molar-refractivity contribution in [3.63, 3.8) is 0 Å². The van der Waals surface area contributed by atoms with Crippen LogP contribution < -0.4 is 5.32 Å². The number of amides is 1. The van der Waals surface area contributed by atoms with Crippen LogP contribution in [-0.4, -0.2) is 140 Å². The van der Waals surface area contributed by atoms with Crippen LogP contribution in [0.15, 0.2) is 97.2 Å². The molecule has 0 saturated carbocycles. The highest BCUT2D eigenvalue weighted by Gasteiger charge is 2.51. The Hall–Kier alpha value is -3.09. The van der Waals surface area contributed by atoms with Crippen molar-refractivity contribution in [2.24, 2.45) is 0 Å². The van der Waals surface area contributed by atoms with Crippen LogP contribution in [-0.2, 0) is 23.7 Å². The molecule has 2 aliphatic rings. The van der Waals surface area contributed by atoms with Gasteiger partial charge in [0.05, 0.1) is 32.0 Å². The molecule has 9 N–H and O–H groups in total. The molecule has 1 amide bonds. The van der Waals surface area contributed by atoms with Crippen LogP contribution in [0.25, 0.3) is 0 Å². The fourth-order valence-electron chi connectivity index (χ4n) is 8.82. The van der Waals surface area contributed by atoms with Crippen LogP contribution in [0.4, 0.5) is 0 Å². The maximum absolute atomic E-state index is 13.2. The van der Waals surface area contributed by atoms with E-state index in [1.807, 2.05) is 6.08 Å². The fourth-order valence-corrected chi connectivity index (χ4v) is 8.82. The topological polar surface area (TPSA) is 228 Å². The second-order valence-electron chi connectivity index (χ2n) is 20.0. The summed E-state index contributed by atoms with van der Waals surface area (Å²) < 4.78 is 22.7. The number of hydrogen-bond donors (Lipinski definition) is 9. The first-order valence-corrected chi connectivity index (χ1v) is 29.0. The zero-order valence-corrected chi connectivity index (χ0v) is 46.0. The van der Waals surface area contributed by atoms with Gasteiger partial charge in [0.2, 0.25) is 5.91 Å². The van der Waals surface area contributed by atoms with Gasteiger partial charge in [0, 0.05) is 6.42 Å². The predicted octanol–water partition coefficient (Wildman–Crippen LogP) is 9.49. The summed E-state index contributed by atoms with van der Waals surface area (Å²) >= 11 is 0. The summed E-state index contributed by atoms with van der Waals surface area (Å²) in [6, 6.07) is -0.955. The van der Waals surface area contributed by atoms with Gasteiger partial charge in [-0.05, 0) is 89.9 Å². The van der Waals surface area contributed by atoms with E-state index in [0.29, 0.717) is 12.8 Å². The summed E-state index contributed by atoms with van der Waals surface area (Å²) in [5, 5.41) is 87.0. The highest BCUT2D eigenvalue weighted by atomic mass is 16.7. The van der Waals surface area contributed by atoms with Gasteiger partial charge in [0.15, 0.2) is 12.6 Å². The first kappa shape index (κ1) is 68.0. The van der Waals surface area contributed by atoms with Crippen molar-refractivity contribution >= 4 is 5.91 Å². The SMILES string of the molecule is CC/C=C\C/C=C\C/C=C\C/C=C\C/C=C\CCCCCCCC(=O)NC(COC1OC(CO)C(OC2OC(CO)C(O)C(O)C2O)C(O)C1O)C(O)/C=C/CC/C=C/CC/C=C/CCCCCCCCCCCC. The van der Waals surface area contributed by atoms with Crippen LogP contribution in [0.1, 0.15) is 187 Å². The van der Waals surface area contributed by atoms with E-state index < -0.39 is 86.8 Å². The second kappa shape index (κ2) is 45.9. The third kappa shape index (κ3) is 31.8. The molecule has 12 atom stereocenters. The Balaban J connectivity index is 1.83. The van der Waals surface area contributed by atoms with Crippen LogP contribution in [0.2, 0.25) is 0 Å². The van der Waals surface area contributed by atoms with Gasteiger partial charge < -0.3 is 65.1 Å². The average molecular weight is 1060 g/mol. The molecular formula is C61H103NO13. The number of unbranched alkanes of at least 4 members (excludes halogenated alkanes) is 17. The molecule has 430 valence electrons. The first-order chi connectivity index (χ1) is 36.6. The van der Waals surface area contributed by atoms with Gasteiger partial charge in [-0.25, -0.2) is 0 Å². The molecule has 0 bridgehead atoms. The average Bonchev–Trinajstić information content (AvgIpc) is 3.41. The zero-order chi connectivity index (χ0) is 54.6. The van der Waals surface area contributed by atoms with E-state index in [1.54, 1.807) is 6.08 Å². The molecule has 0 spiro atoms. The highest BCUT2D eigenvalue weighted by molar-refractivity contribution is 5.76. The number of rotatable bonds is 44. The van der Waals surface area contributed by atoms with Crippen molar-refractivity contribution in [1.29, 1.82) is 0 Å². The first-order valence-electron chi connectivity index (χ1n) is 29.0. The number of allylic oxidation sites excluding steroid dienone is 15. The van der Waals surface area contributed by atoms with E-state index in [1.165, 1.54) is 64.2 Å². The lowest BCUT2D eigenvalue weighted by molar-refractivity contribution is -0.359. The lowest BCUT2D eigenvalue weighted by Gasteiger charge is -2.46. The van der Waals surface area contributed by atoms with Crippen molar-refractivity contribution in [1.82, 2.24) is 5.32 Å². The van der Waals surface area contributed by atoms with Crippen molar-refractivity contribution in [3.8, 4) is 0 Å². The van der Waals surface area contributed by atoms with Gasteiger partial charge in [-0.2, -0.15) is 0 Å². The minimum absolute atomic E-state index is 0.242. The lowest BCUT2D eigenvalue weighted by atomic mass is 9.97. The van der Waals surface area contributed by atoms with E-state index in [-0.39, 0.29) is 18.9 Å². The predicted molar refractivity (Wildman–Crippen MR) is 299 cm³/mol. The van der Waals surface area contributed by atoms with Crippen LogP contribution in [0.3, 0.4) is 0 Å². The summed E-state index contributed by atoms with van der Waals surface area (Å²) in [6.45, 7) is 2.63. The lowest BCUT2D eigenvalue weighted by Crippen LogP contribution is -2.65. The smallest absolute Gasteiger partial charge is 0.220 e. The zero-order valence-electron chi connectivity index (χ0n) is 46.0. The molecule has 0 aromatic carbocycles. The summed E-state index contributed by atoms with van der Waals surface area (Å²) in [6.07, 6.45) is 45.8. The summed E-state index contributed by atoms with van der Waals surface area (Å²) in [5.41, 5.74) is 0. The van der Waals surface area contributed by atoms with Crippen LogP contribution >= 0.6 is 0 Å². The Kier molecular flexibility index (Phi) is 41.6. The normalized spacial score (nSPS) is 25.8. The molecule has 75 heavy (non-hydrogen) atoms. The number of aliphatic hydroxyl groups is 8. The Labute approximate surface area is 452 Å². The van der Waals surface area contributed by atoms with E-state index in [9.17, 15) is 45.6 Å². The number of carbonyl (C=O) groups is 1. The highest BCUT2D eigenvalue weighted by Crippen LogP contribution is 2.30. The molecule has 2 aliphatic heterocycles. The van der Waals surface area contributed by atoms with E-state index in [4.69, 9.17) is 18.9 Å². The van der Waals surface area contributed by atoms with Crippen molar-refractivity contribution < 1.29 is 64.6 Å². The van der Waals surface area contributed by atoms with Gasteiger partial charge in [-0.3, -0.25) is 4.79 Å². The molecule has 0 radical (unpaired) electrons. The molecule has 14 heteroatoms. The van der Waals surface area contributed by atoms with Crippen molar-refractivity contribution in [2.75, 3.05) is 19.8 Å². The Morgan fingerprint density at radius 3 is 1.47 bits per heavy atom. The quantitative estimate of drug-likeness (QED) is 0.0205. The Morgan fingerprint density at radius 1 is 0.493 bits per heavy atom. The van der Waals surface area contributed by atoms with Gasteiger partial charge in [-0.15, -0.1) is 0 Å². The number of carbonyl (C=O) groups excluding carboxylic acids is 1. The number of aliphatic hydroxyl groups excluding tert-OH is 8. The van der Waals surface area contributed by atoms with Crippen molar-refractivity contribution in [3.05, 3.63) is 97.2 Å². The summed E-state index contributed by atoms with van der Waals surface area (Å²) in [4.78, 5) is 13.2. The maximum Gasteiger partial charge on any atom is 0.220 e. The molecule has 2 rings (SSSR count). The molecule has 12 unspecified atom stereocenters. The number of ether oxygens (including phenoxy) is 4. The van der Waals surface area contributed by atoms with Crippen molar-refractivity contribution in [2.45, 2.75) is 261 Å². The van der Waals surface area contributed by atoms with E-state index in [0.717, 1.165) is 89.9 Å². The molecule has 2 saturated heterocycles. The molecule has 0 aromatic rings. The Morgan fingerprint density at radius 2 is 0.933 bits per heavy atom. The fraction of sp³-hybridized carbons (Fsp3) is 0.721. The standard InChI is InChI=1S/C61H103NO13/c1-3-5-7-9-11-13-15-17-19-21-23-25-27-29-31-33-35-37-39-41-43-45-53(66)62-49(50(65)44-42-40-38-36-34-32-30-28-26-24-22-20-18-16-14-12-10-8-6-4-2)48-72-60-58(71)56(69)59(52(47-64)74-60)75-61-57(70)55(68)54(67)51(46-63)73-61/h5,7,11,13,17,19,23,25-26,28-29,31,34,36,42,44,49-52,54-61,63-65,67-71H,3-4,6,8-10,12,14-16,18,20-22,24,27,30,32-33,35,37-41,43,45-48H2,1-2H3,(H,62,66)/b7-5-,13-11-,19-17-,25-23-,28-26+,31-29-,36-34+,44-42+. The van der Waals surface area contributed by atoms with Gasteiger partial charge >= 0.3 is 0 Å². The molecule has 0 aromatic heterocycles. The largest absolute Gasteiger partial charge is 0.394 e. The number of nitrogens with one attached hydrogen (secondary N) is 1.